The zero-order valence-corrected chi connectivity index (χ0v) is 17.2. The van der Waals surface area contributed by atoms with Crippen LogP contribution < -0.4 is 4.74 Å². The molecule has 12 heteroatoms. The fourth-order valence-electron chi connectivity index (χ4n) is 3.11. The number of ether oxygens (including phenoxy) is 1. The summed E-state index contributed by atoms with van der Waals surface area (Å²) >= 11 is 6.02. The number of nitrogens with zero attached hydrogens (tertiary/aromatic N) is 4. The smallest absolute Gasteiger partial charge is 0.406 e. The standard InChI is InChI=1S/C19H14ClF3N4O3S/c20-13-6-12(7-15(8-13)30-19(21,22)23)17-9-16(18(28)26-4-5-31(29)11-26)25-27(17)14-2-1-3-24-10-14/h1-3,6-10H,4-5,11H2. The Morgan fingerprint density at radius 1 is 1.23 bits per heavy atom. The Bertz CT molecular complexity index is 1150. The molecule has 1 atom stereocenters. The summed E-state index contributed by atoms with van der Waals surface area (Å²) in [5.74, 6) is -0.441. The number of alkyl halides is 3. The van der Waals surface area contributed by atoms with Crippen molar-refractivity contribution in [3.63, 3.8) is 0 Å². The molecule has 1 aromatic carbocycles. The molecule has 0 N–H and O–H groups in total. The third-order valence-electron chi connectivity index (χ3n) is 4.40. The Morgan fingerprint density at radius 3 is 2.68 bits per heavy atom. The van der Waals surface area contributed by atoms with E-state index in [0.29, 0.717) is 23.7 Å². The van der Waals surface area contributed by atoms with Crippen LogP contribution in [0.25, 0.3) is 16.9 Å². The summed E-state index contributed by atoms with van der Waals surface area (Å²) in [5, 5.41) is 4.35. The zero-order valence-electron chi connectivity index (χ0n) is 15.7. The predicted molar refractivity (Wildman–Crippen MR) is 107 cm³/mol. The number of halogens is 4. The summed E-state index contributed by atoms with van der Waals surface area (Å²) in [6.07, 6.45) is -1.85. The summed E-state index contributed by atoms with van der Waals surface area (Å²) in [5.41, 5.74) is 1.11. The molecule has 3 heterocycles. The van der Waals surface area contributed by atoms with Crippen LogP contribution in [-0.4, -0.2) is 54.3 Å². The van der Waals surface area contributed by atoms with E-state index in [2.05, 4.69) is 14.8 Å². The summed E-state index contributed by atoms with van der Waals surface area (Å²) < 4.78 is 55.1. The number of benzene rings is 1. The number of aromatic nitrogens is 3. The van der Waals surface area contributed by atoms with Crippen molar-refractivity contribution in [2.75, 3.05) is 18.2 Å². The Kier molecular flexibility index (Phi) is 5.71. The Hall–Kier alpha value is -2.92. The molecule has 1 fully saturated rings. The molecule has 1 saturated heterocycles. The molecule has 4 rings (SSSR count). The lowest BCUT2D eigenvalue weighted by Crippen LogP contribution is -2.28. The van der Waals surface area contributed by atoms with Crippen molar-refractivity contribution in [1.82, 2.24) is 19.7 Å². The highest BCUT2D eigenvalue weighted by Gasteiger charge is 2.32. The molecule has 1 amide bonds. The Morgan fingerprint density at radius 2 is 2.03 bits per heavy atom. The van der Waals surface area contributed by atoms with Gasteiger partial charge in [0.1, 0.15) is 5.75 Å². The average Bonchev–Trinajstić information content (AvgIpc) is 3.33. The fourth-order valence-corrected chi connectivity index (χ4v) is 4.48. The Labute approximate surface area is 181 Å². The van der Waals surface area contributed by atoms with E-state index in [1.807, 2.05) is 0 Å². The SMILES string of the molecule is O=C(c1cc(-c2cc(Cl)cc(OC(F)(F)F)c2)n(-c2cccnc2)n1)N1CCS(=O)C1. The van der Waals surface area contributed by atoms with E-state index in [-0.39, 0.29) is 22.2 Å². The quantitative estimate of drug-likeness (QED) is 0.581. The zero-order chi connectivity index (χ0) is 22.2. The second-order valence-electron chi connectivity index (χ2n) is 6.60. The van der Waals surface area contributed by atoms with E-state index in [0.717, 1.165) is 12.1 Å². The summed E-state index contributed by atoms with van der Waals surface area (Å²) in [7, 11) is -1.11. The van der Waals surface area contributed by atoms with E-state index in [9.17, 15) is 22.2 Å². The van der Waals surface area contributed by atoms with Gasteiger partial charge in [-0.3, -0.25) is 14.0 Å². The van der Waals surface area contributed by atoms with Gasteiger partial charge in [-0.05, 0) is 36.4 Å². The molecule has 0 bridgehead atoms. The molecule has 7 nitrogen and oxygen atoms in total. The number of rotatable bonds is 4. The third kappa shape index (κ3) is 4.88. The number of pyridine rings is 1. The minimum atomic E-state index is -4.89. The van der Waals surface area contributed by atoms with Crippen molar-refractivity contribution in [3.8, 4) is 22.7 Å². The van der Waals surface area contributed by atoms with Crippen LogP contribution in [0.15, 0.2) is 48.8 Å². The third-order valence-corrected chi connectivity index (χ3v) is 5.85. The van der Waals surface area contributed by atoms with Gasteiger partial charge in [-0.25, -0.2) is 4.68 Å². The van der Waals surface area contributed by atoms with Crippen LogP contribution >= 0.6 is 11.6 Å². The van der Waals surface area contributed by atoms with Crippen molar-refractivity contribution in [2.24, 2.45) is 0 Å². The number of carbonyl (C=O) groups is 1. The van der Waals surface area contributed by atoms with Gasteiger partial charge in [0.2, 0.25) is 0 Å². The van der Waals surface area contributed by atoms with Crippen molar-refractivity contribution in [1.29, 1.82) is 0 Å². The first-order valence-electron chi connectivity index (χ1n) is 8.91. The molecule has 3 aromatic rings. The molecule has 0 radical (unpaired) electrons. The summed E-state index contributed by atoms with van der Waals surface area (Å²) in [6, 6.07) is 8.41. The van der Waals surface area contributed by atoms with Crippen molar-refractivity contribution in [3.05, 3.63) is 59.5 Å². The second kappa shape index (κ2) is 8.31. The van der Waals surface area contributed by atoms with Gasteiger partial charge in [-0.2, -0.15) is 5.10 Å². The predicted octanol–water partition coefficient (Wildman–Crippen LogP) is 3.65. The maximum Gasteiger partial charge on any atom is 0.573 e. The number of hydrogen-bond acceptors (Lipinski definition) is 5. The van der Waals surface area contributed by atoms with E-state index in [1.54, 1.807) is 18.3 Å². The largest absolute Gasteiger partial charge is 0.573 e. The normalized spacial score (nSPS) is 16.5. The lowest BCUT2D eigenvalue weighted by Gasteiger charge is -2.12. The minimum Gasteiger partial charge on any atom is -0.406 e. The van der Waals surface area contributed by atoms with Gasteiger partial charge < -0.3 is 9.64 Å². The highest BCUT2D eigenvalue weighted by atomic mass is 35.5. The summed E-state index contributed by atoms with van der Waals surface area (Å²) in [6.45, 7) is 0.335. The number of carbonyl (C=O) groups excluding carboxylic acids is 1. The molecular formula is C19H14ClF3N4O3S. The average molecular weight is 471 g/mol. The molecule has 162 valence electrons. The molecule has 0 spiro atoms. The van der Waals surface area contributed by atoms with E-state index in [4.69, 9.17) is 11.6 Å². The van der Waals surface area contributed by atoms with Crippen LogP contribution in [0.3, 0.4) is 0 Å². The molecule has 0 aliphatic carbocycles. The highest BCUT2D eigenvalue weighted by molar-refractivity contribution is 7.85. The Balaban J connectivity index is 1.80. The van der Waals surface area contributed by atoms with E-state index < -0.39 is 28.8 Å². The topological polar surface area (TPSA) is 77.3 Å². The van der Waals surface area contributed by atoms with Gasteiger partial charge in [0.15, 0.2) is 5.69 Å². The van der Waals surface area contributed by atoms with Gasteiger partial charge in [0, 0.05) is 39.9 Å². The lowest BCUT2D eigenvalue weighted by molar-refractivity contribution is -0.274. The molecular weight excluding hydrogens is 457 g/mol. The van der Waals surface area contributed by atoms with E-state index in [1.165, 1.54) is 27.9 Å². The summed E-state index contributed by atoms with van der Waals surface area (Å²) in [4.78, 5) is 18.3. The molecule has 1 aliphatic rings. The van der Waals surface area contributed by atoms with Gasteiger partial charge >= 0.3 is 6.36 Å². The minimum absolute atomic E-state index is 0.0125. The molecule has 1 aliphatic heterocycles. The van der Waals surface area contributed by atoms with Crippen LogP contribution in [-0.2, 0) is 10.8 Å². The molecule has 0 saturated carbocycles. The van der Waals surface area contributed by atoms with Gasteiger partial charge in [0.25, 0.3) is 5.91 Å². The van der Waals surface area contributed by atoms with Gasteiger partial charge in [0.05, 0.1) is 23.5 Å². The fraction of sp³-hybridized carbons (Fsp3) is 0.211. The van der Waals surface area contributed by atoms with Crippen molar-refractivity contribution in [2.45, 2.75) is 6.36 Å². The van der Waals surface area contributed by atoms with Crippen molar-refractivity contribution < 1.29 is 26.9 Å². The molecule has 31 heavy (non-hydrogen) atoms. The first-order chi connectivity index (χ1) is 14.7. The lowest BCUT2D eigenvalue weighted by atomic mass is 10.1. The van der Waals surface area contributed by atoms with Gasteiger partial charge in [-0.1, -0.05) is 11.6 Å². The van der Waals surface area contributed by atoms with E-state index >= 15 is 0 Å². The maximum atomic E-state index is 12.8. The second-order valence-corrected chi connectivity index (χ2v) is 8.59. The van der Waals surface area contributed by atoms with Crippen LogP contribution in [0.5, 0.6) is 5.75 Å². The molecule has 2 aromatic heterocycles. The molecule has 1 unspecified atom stereocenters. The first-order valence-corrected chi connectivity index (χ1v) is 10.8. The van der Waals surface area contributed by atoms with Crippen LogP contribution in [0.1, 0.15) is 10.5 Å². The number of hydrogen-bond donors (Lipinski definition) is 0. The number of amides is 1. The van der Waals surface area contributed by atoms with Gasteiger partial charge in [-0.15, -0.1) is 13.2 Å². The van der Waals surface area contributed by atoms with Crippen LogP contribution in [0.4, 0.5) is 13.2 Å². The van der Waals surface area contributed by atoms with Crippen LogP contribution in [0.2, 0.25) is 5.02 Å². The first kappa shape index (κ1) is 21.3. The van der Waals surface area contributed by atoms with Crippen molar-refractivity contribution >= 4 is 28.3 Å². The van der Waals surface area contributed by atoms with Crippen LogP contribution in [0, 0.1) is 0 Å². The highest BCUT2D eigenvalue weighted by Crippen LogP contribution is 2.33. The monoisotopic (exact) mass is 470 g/mol. The maximum absolute atomic E-state index is 12.8.